The standard InChI is InChI=1S/C16H16ClN5OS/c1-11(15-18-7-8-24-15)21(2)16(23)14-10-22(20-19-14)9-12-5-3-4-6-13(12)17/h3-8,10-11H,9H2,1-2H3/t11-/m1/s1. The Bertz CT molecular complexity index is 833. The number of rotatable bonds is 5. The van der Waals surface area contributed by atoms with Crippen LogP contribution in [-0.2, 0) is 6.54 Å². The molecule has 0 aliphatic rings. The van der Waals surface area contributed by atoms with E-state index in [0.717, 1.165) is 10.6 Å². The Kier molecular flexibility index (Phi) is 4.92. The average molecular weight is 362 g/mol. The van der Waals surface area contributed by atoms with Gasteiger partial charge in [-0.3, -0.25) is 4.79 Å². The van der Waals surface area contributed by atoms with Crippen LogP contribution in [-0.4, -0.2) is 37.8 Å². The molecule has 1 atom stereocenters. The van der Waals surface area contributed by atoms with Crippen LogP contribution in [0.2, 0.25) is 5.02 Å². The number of carbonyl (C=O) groups is 1. The van der Waals surface area contributed by atoms with Crippen molar-refractivity contribution in [2.45, 2.75) is 19.5 Å². The molecule has 0 fully saturated rings. The molecule has 6 nitrogen and oxygen atoms in total. The van der Waals surface area contributed by atoms with Gasteiger partial charge in [0.2, 0.25) is 0 Å². The SMILES string of the molecule is C[C@H](c1nccs1)N(C)C(=O)c1cn(Cc2ccccc2Cl)nn1. The Morgan fingerprint density at radius 1 is 1.42 bits per heavy atom. The molecule has 0 aliphatic heterocycles. The second kappa shape index (κ2) is 7.11. The van der Waals surface area contributed by atoms with E-state index in [9.17, 15) is 4.79 Å². The predicted octanol–water partition coefficient (Wildman–Crippen LogP) is 3.27. The van der Waals surface area contributed by atoms with Crippen molar-refractivity contribution in [1.29, 1.82) is 0 Å². The van der Waals surface area contributed by atoms with Crippen molar-refractivity contribution in [1.82, 2.24) is 24.9 Å². The van der Waals surface area contributed by atoms with Crippen molar-refractivity contribution in [3.63, 3.8) is 0 Å². The van der Waals surface area contributed by atoms with Gasteiger partial charge in [0, 0.05) is 23.6 Å². The molecule has 0 saturated heterocycles. The zero-order chi connectivity index (χ0) is 17.1. The van der Waals surface area contributed by atoms with Crippen LogP contribution in [0.15, 0.2) is 42.0 Å². The van der Waals surface area contributed by atoms with E-state index in [0.29, 0.717) is 17.3 Å². The highest BCUT2D eigenvalue weighted by molar-refractivity contribution is 7.09. The van der Waals surface area contributed by atoms with Crippen LogP contribution in [0.5, 0.6) is 0 Å². The van der Waals surface area contributed by atoms with Gasteiger partial charge in [-0.05, 0) is 18.6 Å². The third kappa shape index (κ3) is 3.47. The van der Waals surface area contributed by atoms with E-state index in [1.807, 2.05) is 36.6 Å². The minimum atomic E-state index is -0.192. The van der Waals surface area contributed by atoms with Gasteiger partial charge in [0.1, 0.15) is 5.01 Å². The fourth-order valence-electron chi connectivity index (χ4n) is 2.24. The first-order valence-corrected chi connectivity index (χ1v) is 8.62. The summed E-state index contributed by atoms with van der Waals surface area (Å²) in [7, 11) is 1.74. The fraction of sp³-hybridized carbons (Fsp3) is 0.250. The molecule has 0 radical (unpaired) electrons. The van der Waals surface area contributed by atoms with E-state index in [4.69, 9.17) is 11.6 Å². The van der Waals surface area contributed by atoms with Crippen LogP contribution in [0.3, 0.4) is 0 Å². The number of benzene rings is 1. The summed E-state index contributed by atoms with van der Waals surface area (Å²) in [5.41, 5.74) is 1.22. The predicted molar refractivity (Wildman–Crippen MR) is 93.2 cm³/mol. The van der Waals surface area contributed by atoms with E-state index in [1.54, 1.807) is 29.0 Å². The van der Waals surface area contributed by atoms with Crippen LogP contribution >= 0.6 is 22.9 Å². The Hall–Kier alpha value is -2.25. The van der Waals surface area contributed by atoms with Gasteiger partial charge in [-0.2, -0.15) is 0 Å². The van der Waals surface area contributed by atoms with Crippen molar-refractivity contribution in [3.05, 3.63) is 63.3 Å². The van der Waals surface area contributed by atoms with E-state index in [-0.39, 0.29) is 11.9 Å². The first-order chi connectivity index (χ1) is 11.6. The van der Waals surface area contributed by atoms with Gasteiger partial charge in [-0.15, -0.1) is 16.4 Å². The van der Waals surface area contributed by atoms with E-state index < -0.39 is 0 Å². The molecule has 24 heavy (non-hydrogen) atoms. The van der Waals surface area contributed by atoms with Crippen LogP contribution in [0.1, 0.15) is 34.0 Å². The molecular weight excluding hydrogens is 346 g/mol. The molecule has 0 aliphatic carbocycles. The zero-order valence-electron chi connectivity index (χ0n) is 13.3. The quantitative estimate of drug-likeness (QED) is 0.699. The number of carbonyl (C=O) groups excluding carboxylic acids is 1. The Morgan fingerprint density at radius 2 is 2.21 bits per heavy atom. The third-order valence-corrected chi connectivity index (χ3v) is 5.07. The normalized spacial score (nSPS) is 12.1. The highest BCUT2D eigenvalue weighted by Crippen LogP contribution is 2.22. The molecule has 1 amide bonds. The van der Waals surface area contributed by atoms with Gasteiger partial charge in [-0.1, -0.05) is 35.0 Å². The lowest BCUT2D eigenvalue weighted by Crippen LogP contribution is -2.29. The lowest BCUT2D eigenvalue weighted by Gasteiger charge is -2.21. The second-order valence-corrected chi connectivity index (χ2v) is 6.69. The number of halogens is 1. The molecule has 0 unspecified atom stereocenters. The summed E-state index contributed by atoms with van der Waals surface area (Å²) in [5, 5.41) is 11.5. The number of amides is 1. The monoisotopic (exact) mass is 361 g/mol. The summed E-state index contributed by atoms with van der Waals surface area (Å²) in [4.78, 5) is 18.4. The summed E-state index contributed by atoms with van der Waals surface area (Å²) < 4.78 is 1.61. The highest BCUT2D eigenvalue weighted by atomic mass is 35.5. The molecular formula is C16H16ClN5OS. The van der Waals surface area contributed by atoms with Gasteiger partial charge < -0.3 is 4.90 Å². The minimum Gasteiger partial charge on any atom is -0.331 e. The number of hydrogen-bond acceptors (Lipinski definition) is 5. The van der Waals surface area contributed by atoms with Gasteiger partial charge in [0.05, 0.1) is 18.8 Å². The molecule has 8 heteroatoms. The largest absolute Gasteiger partial charge is 0.331 e. The fourth-order valence-corrected chi connectivity index (χ4v) is 3.17. The maximum Gasteiger partial charge on any atom is 0.276 e. The summed E-state index contributed by atoms with van der Waals surface area (Å²) in [5.74, 6) is -0.192. The van der Waals surface area contributed by atoms with E-state index >= 15 is 0 Å². The molecule has 3 aromatic rings. The van der Waals surface area contributed by atoms with Crippen LogP contribution < -0.4 is 0 Å². The molecule has 0 bridgehead atoms. The third-order valence-electron chi connectivity index (χ3n) is 3.76. The number of aromatic nitrogens is 4. The summed E-state index contributed by atoms with van der Waals surface area (Å²) in [6, 6.07) is 7.40. The minimum absolute atomic E-state index is 0.119. The van der Waals surface area contributed by atoms with Crippen LogP contribution in [0.25, 0.3) is 0 Å². The summed E-state index contributed by atoms with van der Waals surface area (Å²) in [6.07, 6.45) is 3.37. The van der Waals surface area contributed by atoms with Gasteiger partial charge in [0.25, 0.3) is 5.91 Å². The molecule has 0 spiro atoms. The second-order valence-electron chi connectivity index (χ2n) is 5.36. The van der Waals surface area contributed by atoms with Crippen LogP contribution in [0, 0.1) is 0 Å². The summed E-state index contributed by atoms with van der Waals surface area (Å²) in [6.45, 7) is 2.40. The van der Waals surface area contributed by atoms with Crippen molar-refractivity contribution in [2.75, 3.05) is 7.05 Å². The van der Waals surface area contributed by atoms with Gasteiger partial charge in [-0.25, -0.2) is 9.67 Å². The Balaban J connectivity index is 1.73. The molecule has 3 rings (SSSR count). The molecule has 0 saturated carbocycles. The molecule has 2 aromatic heterocycles. The highest BCUT2D eigenvalue weighted by Gasteiger charge is 2.23. The smallest absolute Gasteiger partial charge is 0.276 e. The zero-order valence-corrected chi connectivity index (χ0v) is 14.8. The molecule has 0 N–H and O–H groups in total. The Morgan fingerprint density at radius 3 is 2.92 bits per heavy atom. The molecule has 124 valence electrons. The van der Waals surface area contributed by atoms with Crippen molar-refractivity contribution >= 4 is 28.8 Å². The molecule has 1 aromatic carbocycles. The average Bonchev–Trinajstić information content (AvgIpc) is 3.26. The molecule has 2 heterocycles. The van der Waals surface area contributed by atoms with Crippen molar-refractivity contribution in [2.24, 2.45) is 0 Å². The number of thiazole rings is 1. The first-order valence-electron chi connectivity index (χ1n) is 7.36. The van der Waals surface area contributed by atoms with Gasteiger partial charge in [0.15, 0.2) is 5.69 Å². The topological polar surface area (TPSA) is 63.9 Å². The lowest BCUT2D eigenvalue weighted by molar-refractivity contribution is 0.0736. The van der Waals surface area contributed by atoms with Crippen LogP contribution in [0.4, 0.5) is 0 Å². The maximum absolute atomic E-state index is 12.6. The van der Waals surface area contributed by atoms with E-state index in [1.165, 1.54) is 11.3 Å². The first kappa shape index (κ1) is 16.6. The van der Waals surface area contributed by atoms with Crippen molar-refractivity contribution in [3.8, 4) is 0 Å². The number of hydrogen-bond donors (Lipinski definition) is 0. The lowest BCUT2D eigenvalue weighted by atomic mass is 10.2. The van der Waals surface area contributed by atoms with Crippen molar-refractivity contribution < 1.29 is 4.79 Å². The Labute approximate surface area is 148 Å². The van der Waals surface area contributed by atoms with Gasteiger partial charge >= 0.3 is 0 Å². The number of nitrogens with zero attached hydrogens (tertiary/aromatic N) is 5. The van der Waals surface area contributed by atoms with E-state index in [2.05, 4.69) is 15.3 Å². The summed E-state index contributed by atoms with van der Waals surface area (Å²) >= 11 is 7.67. The maximum atomic E-state index is 12.6.